The fourth-order valence-electron chi connectivity index (χ4n) is 2.55. The Bertz CT molecular complexity index is 549. The highest BCUT2D eigenvalue weighted by Gasteiger charge is 2.32. The summed E-state index contributed by atoms with van der Waals surface area (Å²) < 4.78 is 7.34. The van der Waals surface area contributed by atoms with Crippen molar-refractivity contribution < 1.29 is 4.74 Å². The molecule has 0 bridgehead atoms. The van der Waals surface area contributed by atoms with Gasteiger partial charge in [0, 0.05) is 19.3 Å². The van der Waals surface area contributed by atoms with Gasteiger partial charge in [-0.2, -0.15) is 0 Å². The second-order valence-corrected chi connectivity index (χ2v) is 5.27. The third-order valence-electron chi connectivity index (χ3n) is 3.73. The van der Waals surface area contributed by atoms with Crippen LogP contribution in [0.4, 0.5) is 0 Å². The number of aromatic nitrogens is 3. The van der Waals surface area contributed by atoms with E-state index in [-0.39, 0.29) is 6.04 Å². The molecule has 2 aromatic heterocycles. The zero-order valence-corrected chi connectivity index (χ0v) is 11.4. The van der Waals surface area contributed by atoms with Gasteiger partial charge < -0.3 is 10.1 Å². The van der Waals surface area contributed by atoms with Crippen LogP contribution in [0.3, 0.4) is 0 Å². The Morgan fingerprint density at radius 2 is 2.26 bits per heavy atom. The monoisotopic (exact) mass is 260 g/mol. The molecular formula is C14H20N4O. The topological polar surface area (TPSA) is 51.5 Å². The minimum Gasteiger partial charge on any atom is -0.383 e. The van der Waals surface area contributed by atoms with Gasteiger partial charge in [-0.1, -0.05) is 6.07 Å². The lowest BCUT2D eigenvalue weighted by molar-refractivity contribution is 0.151. The summed E-state index contributed by atoms with van der Waals surface area (Å²) in [7, 11) is 1.76. The molecule has 19 heavy (non-hydrogen) atoms. The van der Waals surface area contributed by atoms with Crippen LogP contribution >= 0.6 is 0 Å². The molecule has 1 fully saturated rings. The molecule has 5 heteroatoms. The fourth-order valence-corrected chi connectivity index (χ4v) is 2.55. The molecule has 102 valence electrons. The summed E-state index contributed by atoms with van der Waals surface area (Å²) in [5, 5.41) is 12.1. The first-order valence-corrected chi connectivity index (χ1v) is 6.84. The van der Waals surface area contributed by atoms with Crippen molar-refractivity contribution in [3.8, 4) is 0 Å². The molecule has 1 aliphatic carbocycles. The first kappa shape index (κ1) is 12.6. The van der Waals surface area contributed by atoms with Crippen molar-refractivity contribution >= 4 is 5.65 Å². The summed E-state index contributed by atoms with van der Waals surface area (Å²) in [5.41, 5.74) is 0.890. The van der Waals surface area contributed by atoms with E-state index < -0.39 is 0 Å². The van der Waals surface area contributed by atoms with Crippen LogP contribution in [0.15, 0.2) is 24.4 Å². The van der Waals surface area contributed by atoms with E-state index in [9.17, 15) is 0 Å². The van der Waals surface area contributed by atoms with Crippen LogP contribution in [-0.2, 0) is 4.74 Å². The Kier molecular flexibility index (Phi) is 3.48. The minimum atomic E-state index is 0.165. The summed E-state index contributed by atoms with van der Waals surface area (Å²) in [6.07, 6.45) is 4.61. The van der Waals surface area contributed by atoms with Gasteiger partial charge >= 0.3 is 0 Å². The number of ether oxygens (including phenoxy) is 1. The van der Waals surface area contributed by atoms with E-state index in [0.29, 0.717) is 6.04 Å². The maximum atomic E-state index is 5.31. The summed E-state index contributed by atoms with van der Waals surface area (Å²) in [6, 6.07) is 6.52. The van der Waals surface area contributed by atoms with E-state index in [1.165, 1.54) is 12.8 Å². The van der Waals surface area contributed by atoms with Gasteiger partial charge in [0.05, 0.1) is 12.6 Å². The lowest BCUT2D eigenvalue weighted by atomic mass is 10.1. The van der Waals surface area contributed by atoms with Gasteiger partial charge in [0.1, 0.15) is 0 Å². The number of fused-ring (bicyclic) bond motifs is 1. The van der Waals surface area contributed by atoms with Crippen molar-refractivity contribution in [2.75, 3.05) is 13.7 Å². The molecule has 1 N–H and O–H groups in total. The van der Waals surface area contributed by atoms with Crippen LogP contribution in [-0.4, -0.2) is 34.4 Å². The summed E-state index contributed by atoms with van der Waals surface area (Å²) in [6.45, 7) is 2.89. The smallest absolute Gasteiger partial charge is 0.160 e. The lowest BCUT2D eigenvalue weighted by Crippen LogP contribution is -2.37. The van der Waals surface area contributed by atoms with Gasteiger partial charge in [-0.3, -0.25) is 4.40 Å². The van der Waals surface area contributed by atoms with Crippen molar-refractivity contribution in [1.82, 2.24) is 19.9 Å². The van der Waals surface area contributed by atoms with Crippen LogP contribution in [0, 0.1) is 5.92 Å². The molecule has 2 unspecified atom stereocenters. The van der Waals surface area contributed by atoms with Crippen LogP contribution in [0.2, 0.25) is 0 Å². The van der Waals surface area contributed by atoms with Crippen LogP contribution in [0.25, 0.3) is 5.65 Å². The number of nitrogens with zero attached hydrogens (tertiary/aromatic N) is 3. The SMILES string of the molecule is COCC(NC(C)c1nnc2ccccn12)C1CC1. The molecule has 0 saturated heterocycles. The van der Waals surface area contributed by atoms with Crippen molar-refractivity contribution in [3.63, 3.8) is 0 Å². The summed E-state index contributed by atoms with van der Waals surface area (Å²) >= 11 is 0. The second-order valence-electron chi connectivity index (χ2n) is 5.27. The molecule has 5 nitrogen and oxygen atoms in total. The van der Waals surface area contributed by atoms with Crippen LogP contribution in [0.1, 0.15) is 31.6 Å². The molecule has 2 heterocycles. The van der Waals surface area contributed by atoms with Gasteiger partial charge in [0.2, 0.25) is 0 Å². The minimum absolute atomic E-state index is 0.165. The Labute approximate surface area is 113 Å². The van der Waals surface area contributed by atoms with Crippen molar-refractivity contribution in [2.24, 2.45) is 5.92 Å². The highest BCUT2D eigenvalue weighted by atomic mass is 16.5. The highest BCUT2D eigenvalue weighted by Crippen LogP contribution is 2.33. The number of hydrogen-bond donors (Lipinski definition) is 1. The van der Waals surface area contributed by atoms with E-state index in [1.807, 2.05) is 28.8 Å². The van der Waals surface area contributed by atoms with Crippen molar-refractivity contribution in [1.29, 1.82) is 0 Å². The number of hydrogen-bond acceptors (Lipinski definition) is 4. The Balaban J connectivity index is 1.77. The average Bonchev–Trinajstić information content (AvgIpc) is 3.17. The van der Waals surface area contributed by atoms with Crippen molar-refractivity contribution in [3.05, 3.63) is 30.2 Å². The van der Waals surface area contributed by atoms with Gasteiger partial charge in [0.15, 0.2) is 11.5 Å². The first-order chi connectivity index (χ1) is 9.29. The first-order valence-electron chi connectivity index (χ1n) is 6.84. The molecule has 0 spiro atoms. The largest absolute Gasteiger partial charge is 0.383 e. The zero-order chi connectivity index (χ0) is 13.2. The number of methoxy groups -OCH3 is 1. The number of rotatable bonds is 6. The number of pyridine rings is 1. The third-order valence-corrected chi connectivity index (χ3v) is 3.73. The Morgan fingerprint density at radius 1 is 1.42 bits per heavy atom. The predicted octanol–water partition coefficient (Wildman–Crippen LogP) is 1.80. The third kappa shape index (κ3) is 2.62. The average molecular weight is 260 g/mol. The van der Waals surface area contributed by atoms with E-state index in [4.69, 9.17) is 4.74 Å². The summed E-state index contributed by atoms with van der Waals surface area (Å²) in [4.78, 5) is 0. The maximum Gasteiger partial charge on any atom is 0.160 e. The van der Waals surface area contributed by atoms with E-state index in [0.717, 1.165) is 24.0 Å². The molecule has 2 atom stereocenters. The summed E-state index contributed by atoms with van der Waals surface area (Å²) in [5.74, 6) is 1.71. The Hall–Kier alpha value is -1.46. The zero-order valence-electron chi connectivity index (χ0n) is 11.4. The van der Waals surface area contributed by atoms with E-state index in [2.05, 4.69) is 22.4 Å². The van der Waals surface area contributed by atoms with Crippen LogP contribution < -0.4 is 5.32 Å². The lowest BCUT2D eigenvalue weighted by Gasteiger charge is -2.21. The molecule has 0 aromatic carbocycles. The second kappa shape index (κ2) is 5.27. The standard InChI is InChI=1S/C14H20N4O/c1-10(15-12(9-19-2)11-6-7-11)14-17-16-13-5-3-4-8-18(13)14/h3-5,8,10-12,15H,6-7,9H2,1-2H3. The van der Waals surface area contributed by atoms with Gasteiger partial charge in [-0.15, -0.1) is 10.2 Å². The molecule has 0 amide bonds. The van der Waals surface area contributed by atoms with E-state index in [1.54, 1.807) is 7.11 Å². The van der Waals surface area contributed by atoms with Crippen molar-refractivity contribution in [2.45, 2.75) is 31.8 Å². The molecule has 1 saturated carbocycles. The quantitative estimate of drug-likeness (QED) is 0.860. The maximum absolute atomic E-state index is 5.31. The molecule has 2 aromatic rings. The molecule has 0 aliphatic heterocycles. The predicted molar refractivity (Wildman–Crippen MR) is 72.9 cm³/mol. The van der Waals surface area contributed by atoms with Gasteiger partial charge in [-0.25, -0.2) is 0 Å². The van der Waals surface area contributed by atoms with Gasteiger partial charge in [0.25, 0.3) is 0 Å². The molecule has 0 radical (unpaired) electrons. The van der Waals surface area contributed by atoms with E-state index >= 15 is 0 Å². The number of nitrogens with one attached hydrogen (secondary N) is 1. The molecule has 1 aliphatic rings. The molecular weight excluding hydrogens is 240 g/mol. The normalized spacial score (nSPS) is 18.6. The Morgan fingerprint density at radius 3 is 3.00 bits per heavy atom. The fraction of sp³-hybridized carbons (Fsp3) is 0.571. The van der Waals surface area contributed by atoms with Crippen LogP contribution in [0.5, 0.6) is 0 Å². The highest BCUT2D eigenvalue weighted by molar-refractivity contribution is 5.37. The van der Waals surface area contributed by atoms with Gasteiger partial charge in [-0.05, 0) is 37.8 Å². The molecule has 3 rings (SSSR count).